The van der Waals surface area contributed by atoms with Crippen molar-refractivity contribution in [1.82, 2.24) is 0 Å². The SMILES string of the molecule is NC(COC(C(F)(F)F)C(F)(F)F)c1cccc(F)c1F. The summed E-state index contributed by atoms with van der Waals surface area (Å²) in [5.74, 6) is -2.78. The van der Waals surface area contributed by atoms with E-state index in [0.717, 1.165) is 18.2 Å². The van der Waals surface area contributed by atoms with Crippen LogP contribution in [0.3, 0.4) is 0 Å². The smallest absolute Gasteiger partial charge is 0.359 e. The molecule has 1 rings (SSSR count). The molecule has 0 heterocycles. The van der Waals surface area contributed by atoms with Crippen LogP contribution in [0.5, 0.6) is 0 Å². The molecule has 0 aliphatic carbocycles. The van der Waals surface area contributed by atoms with Crippen LogP contribution in [-0.2, 0) is 4.74 Å². The lowest BCUT2D eigenvalue weighted by atomic mass is 10.1. The van der Waals surface area contributed by atoms with Crippen LogP contribution in [0.4, 0.5) is 35.1 Å². The third-order valence-electron chi connectivity index (χ3n) is 2.42. The van der Waals surface area contributed by atoms with Crippen LogP contribution in [-0.4, -0.2) is 25.1 Å². The van der Waals surface area contributed by atoms with Crippen molar-refractivity contribution in [1.29, 1.82) is 0 Å². The highest BCUT2D eigenvalue weighted by atomic mass is 19.4. The first-order valence-corrected chi connectivity index (χ1v) is 5.39. The quantitative estimate of drug-likeness (QED) is 0.861. The normalized spacial score (nSPS) is 14.6. The van der Waals surface area contributed by atoms with Gasteiger partial charge >= 0.3 is 12.4 Å². The van der Waals surface area contributed by atoms with Gasteiger partial charge in [0, 0.05) is 5.56 Å². The summed E-state index contributed by atoms with van der Waals surface area (Å²) >= 11 is 0. The summed E-state index contributed by atoms with van der Waals surface area (Å²) in [5, 5.41) is 0. The van der Waals surface area contributed by atoms with Gasteiger partial charge in [0.2, 0.25) is 6.10 Å². The highest BCUT2D eigenvalue weighted by Gasteiger charge is 2.58. The first-order valence-electron chi connectivity index (χ1n) is 5.39. The number of hydrogen-bond donors (Lipinski definition) is 1. The van der Waals surface area contributed by atoms with Crippen LogP contribution in [0.15, 0.2) is 18.2 Å². The van der Waals surface area contributed by atoms with Crippen molar-refractivity contribution < 1.29 is 39.9 Å². The summed E-state index contributed by atoms with van der Waals surface area (Å²) in [7, 11) is 0. The van der Waals surface area contributed by atoms with E-state index in [-0.39, 0.29) is 0 Å². The molecule has 1 aromatic carbocycles. The van der Waals surface area contributed by atoms with Crippen molar-refractivity contribution in [3.63, 3.8) is 0 Å². The monoisotopic (exact) mass is 323 g/mol. The van der Waals surface area contributed by atoms with Gasteiger partial charge in [-0.25, -0.2) is 8.78 Å². The maximum atomic E-state index is 13.3. The van der Waals surface area contributed by atoms with Gasteiger partial charge in [0.1, 0.15) is 0 Å². The van der Waals surface area contributed by atoms with Gasteiger partial charge in [0.25, 0.3) is 0 Å². The summed E-state index contributed by atoms with van der Waals surface area (Å²) in [6, 6.07) is 0.981. The van der Waals surface area contributed by atoms with Gasteiger partial charge in [0.15, 0.2) is 11.6 Å². The van der Waals surface area contributed by atoms with Gasteiger partial charge in [-0.3, -0.25) is 0 Å². The molecule has 0 bridgehead atoms. The molecular weight excluding hydrogens is 314 g/mol. The first kappa shape index (κ1) is 17.6. The molecule has 21 heavy (non-hydrogen) atoms. The summed E-state index contributed by atoms with van der Waals surface area (Å²) in [5.41, 5.74) is 4.65. The molecule has 1 atom stereocenters. The molecule has 2 nitrogen and oxygen atoms in total. The second kappa shape index (κ2) is 6.14. The van der Waals surface area contributed by atoms with E-state index in [4.69, 9.17) is 5.73 Å². The van der Waals surface area contributed by atoms with E-state index in [1.54, 1.807) is 0 Å². The highest BCUT2D eigenvalue weighted by molar-refractivity contribution is 5.22. The summed E-state index contributed by atoms with van der Waals surface area (Å²) in [6.07, 6.45) is -15.4. The molecule has 1 unspecified atom stereocenters. The van der Waals surface area contributed by atoms with E-state index >= 15 is 0 Å². The van der Waals surface area contributed by atoms with E-state index in [2.05, 4.69) is 4.74 Å². The number of hydrogen-bond acceptors (Lipinski definition) is 2. The van der Waals surface area contributed by atoms with E-state index in [1.165, 1.54) is 0 Å². The van der Waals surface area contributed by atoms with Gasteiger partial charge in [-0.1, -0.05) is 12.1 Å². The Morgan fingerprint density at radius 1 is 1.00 bits per heavy atom. The third-order valence-corrected chi connectivity index (χ3v) is 2.42. The Kier molecular flexibility index (Phi) is 5.16. The standard InChI is InChI=1S/C11H9F8NO/c12-6-3-1-2-5(8(6)13)7(20)4-21-9(10(14,15)16)11(17,18)19/h1-3,7,9H,4,20H2. The second-order valence-corrected chi connectivity index (χ2v) is 4.05. The summed E-state index contributed by atoms with van der Waals surface area (Å²) in [6.45, 7) is -1.29. The molecule has 0 amide bonds. The predicted octanol–water partition coefficient (Wildman–Crippen LogP) is 3.47. The zero-order valence-corrected chi connectivity index (χ0v) is 10.1. The zero-order chi connectivity index (χ0) is 16.4. The first-order chi connectivity index (χ1) is 9.44. The van der Waals surface area contributed by atoms with Crippen LogP contribution in [0, 0.1) is 11.6 Å². The molecule has 0 spiro atoms. The molecule has 0 aliphatic heterocycles. The van der Waals surface area contributed by atoms with Crippen LogP contribution < -0.4 is 5.73 Å². The molecule has 120 valence electrons. The van der Waals surface area contributed by atoms with Crippen molar-refractivity contribution >= 4 is 0 Å². The number of ether oxygens (including phenoxy) is 1. The van der Waals surface area contributed by atoms with Gasteiger partial charge in [0.05, 0.1) is 12.6 Å². The molecule has 0 radical (unpaired) electrons. The Morgan fingerprint density at radius 3 is 2.00 bits per heavy atom. The molecule has 0 saturated heterocycles. The summed E-state index contributed by atoms with van der Waals surface area (Å²) < 4.78 is 103. The molecule has 0 saturated carbocycles. The maximum absolute atomic E-state index is 13.3. The lowest BCUT2D eigenvalue weighted by Crippen LogP contribution is -2.45. The molecule has 0 fully saturated rings. The number of benzene rings is 1. The van der Waals surface area contributed by atoms with Crippen molar-refractivity contribution in [2.24, 2.45) is 5.73 Å². The fourth-order valence-electron chi connectivity index (χ4n) is 1.47. The van der Waals surface area contributed by atoms with Gasteiger partial charge in [-0.15, -0.1) is 0 Å². The van der Waals surface area contributed by atoms with Gasteiger partial charge in [-0.05, 0) is 6.07 Å². The Balaban J connectivity index is 2.83. The van der Waals surface area contributed by atoms with E-state index in [9.17, 15) is 35.1 Å². The summed E-state index contributed by atoms with van der Waals surface area (Å²) in [4.78, 5) is 0. The van der Waals surface area contributed by atoms with Gasteiger partial charge in [-0.2, -0.15) is 26.3 Å². The molecule has 10 heteroatoms. The van der Waals surface area contributed by atoms with E-state index in [0.29, 0.717) is 0 Å². The van der Waals surface area contributed by atoms with Crippen molar-refractivity contribution in [3.05, 3.63) is 35.4 Å². The predicted molar refractivity (Wildman–Crippen MR) is 55.1 cm³/mol. The number of alkyl halides is 6. The molecule has 0 aliphatic rings. The van der Waals surface area contributed by atoms with Crippen molar-refractivity contribution in [2.45, 2.75) is 24.5 Å². The third kappa shape index (κ3) is 4.53. The van der Waals surface area contributed by atoms with E-state index in [1.807, 2.05) is 0 Å². The van der Waals surface area contributed by atoms with Crippen LogP contribution in [0.2, 0.25) is 0 Å². The lowest BCUT2D eigenvalue weighted by molar-refractivity contribution is -0.322. The Hall–Kier alpha value is -1.42. The Morgan fingerprint density at radius 2 is 1.52 bits per heavy atom. The number of rotatable bonds is 4. The van der Waals surface area contributed by atoms with Crippen LogP contribution >= 0.6 is 0 Å². The van der Waals surface area contributed by atoms with Crippen LogP contribution in [0.25, 0.3) is 0 Å². The van der Waals surface area contributed by atoms with Crippen molar-refractivity contribution in [3.8, 4) is 0 Å². The minimum atomic E-state index is -5.70. The minimum absolute atomic E-state index is 0.585. The fourth-order valence-corrected chi connectivity index (χ4v) is 1.47. The number of nitrogens with two attached hydrogens (primary N) is 1. The number of halogens is 8. The molecule has 1 aromatic rings. The van der Waals surface area contributed by atoms with Gasteiger partial charge < -0.3 is 10.5 Å². The average molecular weight is 323 g/mol. The Labute approximate surface area is 113 Å². The fraction of sp³-hybridized carbons (Fsp3) is 0.455. The van der Waals surface area contributed by atoms with Crippen molar-refractivity contribution in [2.75, 3.05) is 6.61 Å². The largest absolute Gasteiger partial charge is 0.423 e. The zero-order valence-electron chi connectivity index (χ0n) is 10.1. The molecular formula is C11H9F8NO. The minimum Gasteiger partial charge on any atom is -0.359 e. The second-order valence-electron chi connectivity index (χ2n) is 4.05. The van der Waals surface area contributed by atoms with E-state index < -0.39 is 48.3 Å². The average Bonchev–Trinajstić information content (AvgIpc) is 2.29. The lowest BCUT2D eigenvalue weighted by Gasteiger charge is -2.24. The maximum Gasteiger partial charge on any atom is 0.423 e. The van der Waals surface area contributed by atoms with Crippen LogP contribution in [0.1, 0.15) is 11.6 Å². The highest BCUT2D eigenvalue weighted by Crippen LogP contribution is 2.36. The Bertz CT molecular complexity index is 470. The molecule has 0 aromatic heterocycles. The topological polar surface area (TPSA) is 35.2 Å². The molecule has 2 N–H and O–H groups in total.